The molecule has 0 saturated heterocycles. The van der Waals surface area contributed by atoms with Crippen molar-refractivity contribution in [3.8, 4) is 0 Å². The molecule has 3 rings (SSSR count). The molecule has 3 aromatic rings. The van der Waals surface area contributed by atoms with Crippen LogP contribution in [0.4, 0.5) is 0 Å². The van der Waals surface area contributed by atoms with Gasteiger partial charge in [-0.2, -0.15) is 0 Å². The molecule has 0 saturated carbocycles. The second kappa shape index (κ2) is 10.5. The van der Waals surface area contributed by atoms with E-state index in [4.69, 9.17) is 11.6 Å². The smallest absolute Gasteiger partial charge is 0.191 e. The van der Waals surface area contributed by atoms with Gasteiger partial charge in [0.25, 0.3) is 0 Å². The van der Waals surface area contributed by atoms with Crippen LogP contribution in [-0.4, -0.2) is 33.4 Å². The Balaban J connectivity index is 0.00000261. The van der Waals surface area contributed by atoms with Crippen LogP contribution in [-0.2, 0) is 13.0 Å². The summed E-state index contributed by atoms with van der Waals surface area (Å²) in [7, 11) is 0. The number of fused-ring (bicyclic) bond motifs is 1. The Kier molecular flexibility index (Phi) is 8.30. The van der Waals surface area contributed by atoms with Gasteiger partial charge < -0.3 is 15.0 Å². The van der Waals surface area contributed by atoms with Crippen molar-refractivity contribution in [1.82, 2.24) is 25.0 Å². The van der Waals surface area contributed by atoms with Crippen molar-refractivity contribution in [3.05, 3.63) is 64.8 Å². The molecule has 3 aromatic heterocycles. The third kappa shape index (κ3) is 6.07. The lowest BCUT2D eigenvalue weighted by molar-refractivity contribution is 0.796. The predicted octanol–water partition coefficient (Wildman–Crippen LogP) is 3.61. The zero-order chi connectivity index (χ0) is 18.4. The Labute approximate surface area is 181 Å². The molecule has 2 N–H and O–H groups in total. The summed E-state index contributed by atoms with van der Waals surface area (Å²) < 4.78 is 2.08. The van der Waals surface area contributed by atoms with E-state index in [1.165, 1.54) is 0 Å². The number of hydrogen-bond acceptors (Lipinski definition) is 3. The van der Waals surface area contributed by atoms with E-state index in [0.29, 0.717) is 11.7 Å². The molecular weight excluding hydrogens is 475 g/mol. The normalized spacial score (nSPS) is 11.3. The summed E-state index contributed by atoms with van der Waals surface area (Å²) in [5.74, 6) is 0.781. The minimum absolute atomic E-state index is 0. The summed E-state index contributed by atoms with van der Waals surface area (Å²) in [6.45, 7) is 6.21. The lowest BCUT2D eigenvalue weighted by Crippen LogP contribution is -2.38. The molecule has 144 valence electrons. The van der Waals surface area contributed by atoms with Gasteiger partial charge in [-0.15, -0.1) is 24.0 Å². The number of guanidine groups is 1. The molecule has 27 heavy (non-hydrogen) atoms. The van der Waals surface area contributed by atoms with E-state index in [1.807, 2.05) is 30.5 Å². The quantitative estimate of drug-likeness (QED) is 0.236. The molecule has 0 aromatic carbocycles. The molecule has 3 heterocycles. The first-order valence-electron chi connectivity index (χ1n) is 8.72. The number of aromatic nitrogens is 3. The summed E-state index contributed by atoms with van der Waals surface area (Å²) in [5, 5.41) is 7.12. The van der Waals surface area contributed by atoms with Crippen LogP contribution in [0.25, 0.3) is 5.65 Å². The Morgan fingerprint density at radius 3 is 2.78 bits per heavy atom. The lowest BCUT2D eigenvalue weighted by Gasteiger charge is -2.10. The van der Waals surface area contributed by atoms with E-state index in [2.05, 4.69) is 49.9 Å². The average molecular weight is 499 g/mol. The maximum atomic E-state index is 5.81. The maximum Gasteiger partial charge on any atom is 0.191 e. The highest BCUT2D eigenvalue weighted by Gasteiger charge is 2.04. The van der Waals surface area contributed by atoms with Crippen LogP contribution in [0.15, 0.2) is 47.7 Å². The molecule has 0 unspecified atom stereocenters. The van der Waals surface area contributed by atoms with Crippen LogP contribution in [0.2, 0.25) is 5.15 Å². The minimum atomic E-state index is 0. The van der Waals surface area contributed by atoms with Crippen LogP contribution in [0, 0.1) is 6.92 Å². The minimum Gasteiger partial charge on any atom is -0.357 e. The molecule has 6 nitrogen and oxygen atoms in total. The molecule has 0 radical (unpaired) electrons. The molecule has 8 heteroatoms. The van der Waals surface area contributed by atoms with Gasteiger partial charge in [0.1, 0.15) is 10.8 Å². The zero-order valence-electron chi connectivity index (χ0n) is 15.4. The standard InChI is InChI=1S/C19H23ClN6.HI/c1-3-21-19(22-10-9-15-7-8-17(20)23-11-15)24-12-16-13-26-14(2)5-4-6-18(26)25-16;/h4-8,11,13H,3,9-10,12H2,1-2H3,(H2,21,22,24);1H. The fraction of sp³-hybridized carbons (Fsp3) is 0.316. The van der Waals surface area contributed by atoms with Gasteiger partial charge in [0, 0.05) is 31.2 Å². The SMILES string of the molecule is CCNC(=NCc1cn2c(C)cccc2n1)NCCc1ccc(Cl)nc1.I. The Morgan fingerprint density at radius 2 is 2.07 bits per heavy atom. The van der Waals surface area contributed by atoms with E-state index >= 15 is 0 Å². The fourth-order valence-corrected chi connectivity index (χ4v) is 2.77. The average Bonchev–Trinajstić information content (AvgIpc) is 3.06. The van der Waals surface area contributed by atoms with Gasteiger partial charge in [0.05, 0.1) is 12.2 Å². The first-order valence-corrected chi connectivity index (χ1v) is 9.09. The van der Waals surface area contributed by atoms with Crippen LogP contribution in [0.3, 0.4) is 0 Å². The van der Waals surface area contributed by atoms with Crippen LogP contribution in [0.1, 0.15) is 23.9 Å². The summed E-state index contributed by atoms with van der Waals surface area (Å²) in [5.41, 5.74) is 4.18. The number of nitrogens with zero attached hydrogens (tertiary/aromatic N) is 4. The number of pyridine rings is 2. The number of hydrogen-bond donors (Lipinski definition) is 2. The van der Waals surface area contributed by atoms with Crippen molar-refractivity contribution in [2.75, 3.05) is 13.1 Å². The van der Waals surface area contributed by atoms with Gasteiger partial charge in [-0.05, 0) is 44.0 Å². The zero-order valence-corrected chi connectivity index (χ0v) is 18.5. The maximum absolute atomic E-state index is 5.81. The van der Waals surface area contributed by atoms with Crippen molar-refractivity contribution >= 4 is 47.2 Å². The number of aryl methyl sites for hydroxylation is 1. The van der Waals surface area contributed by atoms with Gasteiger partial charge in [-0.1, -0.05) is 23.7 Å². The lowest BCUT2D eigenvalue weighted by atomic mass is 10.2. The van der Waals surface area contributed by atoms with Crippen LogP contribution in [0.5, 0.6) is 0 Å². The number of aliphatic imine (C=N–C) groups is 1. The van der Waals surface area contributed by atoms with Crippen molar-refractivity contribution in [2.24, 2.45) is 4.99 Å². The Morgan fingerprint density at radius 1 is 1.22 bits per heavy atom. The topological polar surface area (TPSA) is 66.6 Å². The molecule has 0 bridgehead atoms. The molecular formula is C19H24ClIN6. The van der Waals surface area contributed by atoms with E-state index in [0.717, 1.165) is 48.1 Å². The summed E-state index contributed by atoms with van der Waals surface area (Å²) >= 11 is 5.81. The number of rotatable bonds is 6. The molecule has 0 amide bonds. The second-order valence-corrected chi connectivity index (χ2v) is 6.38. The highest BCUT2D eigenvalue weighted by molar-refractivity contribution is 14.0. The largest absolute Gasteiger partial charge is 0.357 e. The molecule has 0 fully saturated rings. The highest BCUT2D eigenvalue weighted by Crippen LogP contribution is 2.09. The molecule has 0 aliphatic carbocycles. The molecule has 0 aliphatic rings. The highest BCUT2D eigenvalue weighted by atomic mass is 127. The van der Waals surface area contributed by atoms with Gasteiger partial charge in [-0.3, -0.25) is 0 Å². The van der Waals surface area contributed by atoms with Gasteiger partial charge in [0.15, 0.2) is 5.96 Å². The number of nitrogens with one attached hydrogen (secondary N) is 2. The molecule has 0 aliphatic heterocycles. The van der Waals surface area contributed by atoms with Gasteiger partial charge in [0.2, 0.25) is 0 Å². The van der Waals surface area contributed by atoms with E-state index < -0.39 is 0 Å². The molecule has 0 spiro atoms. The van der Waals surface area contributed by atoms with Gasteiger partial charge >= 0.3 is 0 Å². The Hall–Kier alpha value is -1.87. The second-order valence-electron chi connectivity index (χ2n) is 5.99. The summed E-state index contributed by atoms with van der Waals surface area (Å²) in [6.07, 6.45) is 4.69. The fourth-order valence-electron chi connectivity index (χ4n) is 2.66. The Bertz CT molecular complexity index is 891. The van der Waals surface area contributed by atoms with E-state index in [-0.39, 0.29) is 24.0 Å². The van der Waals surface area contributed by atoms with Crippen LogP contribution < -0.4 is 10.6 Å². The van der Waals surface area contributed by atoms with Crippen molar-refractivity contribution in [1.29, 1.82) is 0 Å². The first kappa shape index (κ1) is 21.4. The third-order valence-corrected chi connectivity index (χ3v) is 4.21. The number of imidazole rings is 1. The summed E-state index contributed by atoms with van der Waals surface area (Å²) in [4.78, 5) is 13.4. The monoisotopic (exact) mass is 498 g/mol. The third-order valence-electron chi connectivity index (χ3n) is 3.98. The van der Waals surface area contributed by atoms with Crippen molar-refractivity contribution in [2.45, 2.75) is 26.8 Å². The van der Waals surface area contributed by atoms with E-state index in [9.17, 15) is 0 Å². The van der Waals surface area contributed by atoms with Crippen LogP contribution >= 0.6 is 35.6 Å². The van der Waals surface area contributed by atoms with Crippen molar-refractivity contribution in [3.63, 3.8) is 0 Å². The summed E-state index contributed by atoms with van der Waals surface area (Å²) in [6, 6.07) is 9.88. The predicted molar refractivity (Wildman–Crippen MR) is 121 cm³/mol. The molecule has 0 atom stereocenters. The van der Waals surface area contributed by atoms with Gasteiger partial charge in [-0.25, -0.2) is 15.0 Å². The van der Waals surface area contributed by atoms with Crippen molar-refractivity contribution < 1.29 is 0 Å². The number of halogens is 2. The van der Waals surface area contributed by atoms with E-state index in [1.54, 1.807) is 6.20 Å². The first-order chi connectivity index (χ1) is 12.7.